The Morgan fingerprint density at radius 1 is 1.44 bits per heavy atom. The van der Waals surface area contributed by atoms with Crippen LogP contribution in [0.25, 0.3) is 0 Å². The van der Waals surface area contributed by atoms with Crippen LogP contribution in [-0.4, -0.2) is 15.6 Å². The summed E-state index contributed by atoms with van der Waals surface area (Å²) in [6.45, 7) is 3.89. The fraction of sp³-hybridized carbons (Fsp3) is 0.231. The maximum Gasteiger partial charge on any atom is 0.212 e. The molecular weight excluding hydrogens is 250 g/mol. The third-order valence-electron chi connectivity index (χ3n) is 2.60. The summed E-state index contributed by atoms with van der Waals surface area (Å²) < 4.78 is 1.62. The summed E-state index contributed by atoms with van der Waals surface area (Å²) in [5.41, 5.74) is 7.14. The van der Waals surface area contributed by atoms with Gasteiger partial charge >= 0.3 is 0 Å². The van der Waals surface area contributed by atoms with Crippen molar-refractivity contribution in [3.05, 3.63) is 46.7 Å². The molecule has 0 aliphatic carbocycles. The SMILES string of the molecule is CC(C)n1ncc(Cl)c1C(=O)c1cccc(N)c1. The first-order chi connectivity index (χ1) is 8.50. The van der Waals surface area contributed by atoms with Gasteiger partial charge in [0.25, 0.3) is 0 Å². The number of carbonyl (C=O) groups is 1. The van der Waals surface area contributed by atoms with E-state index in [0.29, 0.717) is 22.0 Å². The molecule has 94 valence electrons. The van der Waals surface area contributed by atoms with Crippen molar-refractivity contribution in [1.29, 1.82) is 0 Å². The molecule has 0 aliphatic rings. The molecule has 0 spiro atoms. The standard InChI is InChI=1S/C13H14ClN3O/c1-8(2)17-12(11(14)7-16-17)13(18)9-4-3-5-10(15)6-9/h3-8H,15H2,1-2H3. The van der Waals surface area contributed by atoms with Gasteiger partial charge in [-0.1, -0.05) is 23.7 Å². The molecule has 1 heterocycles. The lowest BCUT2D eigenvalue weighted by Gasteiger charge is -2.10. The summed E-state index contributed by atoms with van der Waals surface area (Å²) in [6, 6.07) is 6.89. The predicted molar refractivity (Wildman–Crippen MR) is 71.9 cm³/mol. The van der Waals surface area contributed by atoms with E-state index in [4.69, 9.17) is 17.3 Å². The van der Waals surface area contributed by atoms with Crippen LogP contribution in [0.3, 0.4) is 0 Å². The Kier molecular flexibility index (Phi) is 3.39. The van der Waals surface area contributed by atoms with E-state index < -0.39 is 0 Å². The molecule has 0 amide bonds. The Balaban J connectivity index is 2.49. The summed E-state index contributed by atoms with van der Waals surface area (Å²) in [7, 11) is 0. The molecule has 5 heteroatoms. The number of nitrogens with two attached hydrogens (primary N) is 1. The van der Waals surface area contributed by atoms with Crippen LogP contribution in [0.2, 0.25) is 5.02 Å². The minimum atomic E-state index is -0.168. The third-order valence-corrected chi connectivity index (χ3v) is 2.88. The van der Waals surface area contributed by atoms with E-state index >= 15 is 0 Å². The minimum absolute atomic E-state index is 0.0671. The van der Waals surface area contributed by atoms with Gasteiger partial charge < -0.3 is 5.73 Å². The van der Waals surface area contributed by atoms with Crippen molar-refractivity contribution in [3.63, 3.8) is 0 Å². The number of halogens is 1. The van der Waals surface area contributed by atoms with Gasteiger partial charge in [-0.25, -0.2) is 0 Å². The molecule has 0 fully saturated rings. The van der Waals surface area contributed by atoms with Crippen LogP contribution < -0.4 is 5.73 Å². The first kappa shape index (κ1) is 12.6. The highest BCUT2D eigenvalue weighted by Gasteiger charge is 2.20. The highest BCUT2D eigenvalue weighted by atomic mass is 35.5. The van der Waals surface area contributed by atoms with Gasteiger partial charge in [0.15, 0.2) is 0 Å². The fourth-order valence-electron chi connectivity index (χ4n) is 1.76. The summed E-state index contributed by atoms with van der Waals surface area (Å²) in [4.78, 5) is 12.4. The molecule has 0 bridgehead atoms. The van der Waals surface area contributed by atoms with Gasteiger partial charge in [0, 0.05) is 17.3 Å². The first-order valence-corrected chi connectivity index (χ1v) is 6.01. The van der Waals surface area contributed by atoms with Crippen molar-refractivity contribution < 1.29 is 4.79 Å². The smallest absolute Gasteiger partial charge is 0.212 e. The number of nitrogen functional groups attached to an aromatic ring is 1. The van der Waals surface area contributed by atoms with E-state index in [0.717, 1.165) is 0 Å². The average Bonchev–Trinajstić information content (AvgIpc) is 2.70. The number of nitrogens with zero attached hydrogens (tertiary/aromatic N) is 2. The molecule has 0 saturated heterocycles. The Bertz CT molecular complexity index is 590. The summed E-state index contributed by atoms with van der Waals surface area (Å²) in [6.07, 6.45) is 1.49. The number of ketones is 1. The Morgan fingerprint density at radius 2 is 2.17 bits per heavy atom. The second kappa shape index (κ2) is 4.82. The van der Waals surface area contributed by atoms with Crippen molar-refractivity contribution in [2.24, 2.45) is 0 Å². The van der Waals surface area contributed by atoms with Crippen LogP contribution in [0.15, 0.2) is 30.5 Å². The second-order valence-corrected chi connectivity index (χ2v) is 4.74. The van der Waals surface area contributed by atoms with Crippen molar-refractivity contribution in [2.45, 2.75) is 19.9 Å². The monoisotopic (exact) mass is 263 g/mol. The number of anilines is 1. The molecule has 0 aliphatic heterocycles. The molecule has 18 heavy (non-hydrogen) atoms. The molecular formula is C13H14ClN3O. The molecule has 2 rings (SSSR count). The van der Waals surface area contributed by atoms with Crippen LogP contribution >= 0.6 is 11.6 Å². The van der Waals surface area contributed by atoms with Crippen LogP contribution in [0.4, 0.5) is 5.69 Å². The minimum Gasteiger partial charge on any atom is -0.399 e. The Labute approximate surface area is 110 Å². The zero-order valence-corrected chi connectivity index (χ0v) is 11.0. The largest absolute Gasteiger partial charge is 0.399 e. The molecule has 0 unspecified atom stereocenters. The zero-order valence-electron chi connectivity index (χ0n) is 10.2. The van der Waals surface area contributed by atoms with E-state index in [-0.39, 0.29) is 11.8 Å². The van der Waals surface area contributed by atoms with Crippen molar-refractivity contribution in [1.82, 2.24) is 9.78 Å². The van der Waals surface area contributed by atoms with E-state index in [1.165, 1.54) is 6.20 Å². The maximum absolute atomic E-state index is 12.4. The molecule has 2 N–H and O–H groups in total. The van der Waals surface area contributed by atoms with Gasteiger partial charge in [0.05, 0.1) is 11.2 Å². The van der Waals surface area contributed by atoms with Crippen LogP contribution in [0.5, 0.6) is 0 Å². The highest BCUT2D eigenvalue weighted by Crippen LogP contribution is 2.22. The molecule has 0 saturated carbocycles. The Morgan fingerprint density at radius 3 is 2.78 bits per heavy atom. The molecule has 2 aromatic rings. The molecule has 0 radical (unpaired) electrons. The van der Waals surface area contributed by atoms with E-state index in [9.17, 15) is 4.79 Å². The van der Waals surface area contributed by atoms with Gasteiger partial charge in [-0.05, 0) is 26.0 Å². The average molecular weight is 264 g/mol. The lowest BCUT2D eigenvalue weighted by molar-refractivity contribution is 0.102. The third kappa shape index (κ3) is 2.24. The van der Waals surface area contributed by atoms with Crippen molar-refractivity contribution in [2.75, 3.05) is 5.73 Å². The quantitative estimate of drug-likeness (QED) is 0.684. The maximum atomic E-state index is 12.4. The van der Waals surface area contributed by atoms with Crippen LogP contribution in [0.1, 0.15) is 35.9 Å². The van der Waals surface area contributed by atoms with Crippen LogP contribution in [0, 0.1) is 0 Å². The molecule has 0 atom stereocenters. The highest BCUT2D eigenvalue weighted by molar-refractivity contribution is 6.34. The van der Waals surface area contributed by atoms with Crippen LogP contribution in [-0.2, 0) is 0 Å². The van der Waals surface area contributed by atoms with E-state index in [1.807, 2.05) is 13.8 Å². The summed E-state index contributed by atoms with van der Waals surface area (Å²) >= 11 is 6.04. The number of rotatable bonds is 3. The number of hydrogen-bond donors (Lipinski definition) is 1. The fourth-order valence-corrected chi connectivity index (χ4v) is 1.98. The normalized spacial score (nSPS) is 10.9. The number of hydrogen-bond acceptors (Lipinski definition) is 3. The second-order valence-electron chi connectivity index (χ2n) is 4.33. The number of benzene rings is 1. The van der Waals surface area contributed by atoms with Gasteiger partial charge in [0.2, 0.25) is 5.78 Å². The van der Waals surface area contributed by atoms with Gasteiger partial charge in [-0.15, -0.1) is 0 Å². The summed E-state index contributed by atoms with van der Waals surface area (Å²) in [5.74, 6) is -0.168. The lowest BCUT2D eigenvalue weighted by Crippen LogP contribution is -2.14. The Hall–Kier alpha value is -1.81. The first-order valence-electron chi connectivity index (χ1n) is 5.64. The lowest BCUT2D eigenvalue weighted by atomic mass is 10.1. The van der Waals surface area contributed by atoms with E-state index in [1.54, 1.807) is 28.9 Å². The summed E-state index contributed by atoms with van der Waals surface area (Å²) in [5, 5.41) is 4.47. The topological polar surface area (TPSA) is 60.9 Å². The van der Waals surface area contributed by atoms with E-state index in [2.05, 4.69) is 5.10 Å². The molecule has 1 aromatic heterocycles. The number of carbonyl (C=O) groups excluding carboxylic acids is 1. The zero-order chi connectivity index (χ0) is 13.3. The predicted octanol–water partition coefficient (Wildman–Crippen LogP) is 2.93. The van der Waals surface area contributed by atoms with Crippen molar-refractivity contribution >= 4 is 23.1 Å². The van der Waals surface area contributed by atoms with Crippen molar-refractivity contribution in [3.8, 4) is 0 Å². The molecule has 4 nitrogen and oxygen atoms in total. The number of aromatic nitrogens is 2. The van der Waals surface area contributed by atoms with Gasteiger partial charge in [-0.3, -0.25) is 9.48 Å². The van der Waals surface area contributed by atoms with Gasteiger partial charge in [-0.2, -0.15) is 5.10 Å². The van der Waals surface area contributed by atoms with Gasteiger partial charge in [0.1, 0.15) is 5.69 Å². The molecule has 1 aromatic carbocycles.